The zero-order valence-corrected chi connectivity index (χ0v) is 20.0. The molecule has 2 aromatic heterocycles. The Morgan fingerprint density at radius 1 is 1.31 bits per heavy atom. The van der Waals surface area contributed by atoms with Crippen LogP contribution in [-0.2, 0) is 27.3 Å². The fourth-order valence-corrected chi connectivity index (χ4v) is 4.25. The monoisotopic (exact) mass is 466 g/mol. The number of aryl methyl sites for hydroxylation is 1. The van der Waals surface area contributed by atoms with Crippen LogP contribution >= 0.6 is 7.82 Å². The molecule has 32 heavy (non-hydrogen) atoms. The summed E-state index contributed by atoms with van der Waals surface area (Å²) in [7, 11) is -3.17. The normalized spacial score (nSPS) is 20.8. The van der Waals surface area contributed by atoms with Gasteiger partial charge in [-0.15, -0.1) is 5.10 Å². The van der Waals surface area contributed by atoms with Gasteiger partial charge in [-0.3, -0.25) is 14.4 Å². The van der Waals surface area contributed by atoms with Crippen molar-refractivity contribution in [2.75, 3.05) is 11.5 Å². The zero-order chi connectivity index (χ0) is 21.8. The second kappa shape index (κ2) is 8.64. The molecule has 160 valence electrons. The number of aromatic nitrogens is 5. The fourth-order valence-electron chi connectivity index (χ4n) is 3.91. The quantitative estimate of drug-likeness (QED) is 0.320. The predicted octanol–water partition coefficient (Wildman–Crippen LogP) is -2.33. The van der Waals surface area contributed by atoms with Gasteiger partial charge in [0.2, 0.25) is 0 Å². The third-order valence-corrected chi connectivity index (χ3v) is 5.80. The molecular formula is C18H16N6NaO6P. The van der Waals surface area contributed by atoms with E-state index in [0.29, 0.717) is 23.6 Å². The summed E-state index contributed by atoms with van der Waals surface area (Å²) in [6.07, 6.45) is 0.804. The van der Waals surface area contributed by atoms with Gasteiger partial charge in [0.05, 0.1) is 18.3 Å². The molecule has 1 aromatic carbocycles. The van der Waals surface area contributed by atoms with Crippen LogP contribution in [0.15, 0.2) is 36.5 Å². The van der Waals surface area contributed by atoms with Gasteiger partial charge in [-0.1, -0.05) is 12.1 Å². The molecule has 1 N–H and O–H groups in total. The second-order valence-electron chi connectivity index (χ2n) is 7.23. The van der Waals surface area contributed by atoms with Crippen molar-refractivity contribution in [3.05, 3.63) is 42.1 Å². The summed E-state index contributed by atoms with van der Waals surface area (Å²) < 4.78 is 22.1. The topological polar surface area (TPSA) is 156 Å². The molecule has 3 aromatic rings. The predicted molar refractivity (Wildman–Crippen MR) is 103 cm³/mol. The Morgan fingerprint density at radius 2 is 2.09 bits per heavy atom. The Morgan fingerprint density at radius 3 is 2.75 bits per heavy atom. The van der Waals surface area contributed by atoms with E-state index in [-0.39, 0.29) is 29.6 Å². The minimum Gasteiger partial charge on any atom is -0.756 e. The standard InChI is InChI=1S/C18H17N6O6P.Na/c1-23-17(20-21-22-23)13-4-2-11(8-19-13)10-3-5-14-12(6-10)7-15-16(9-29-31(26,27)28)30-18(25)24(14)15;/h2-6,8,15-16H,7,9H2,1H3,(H2,26,27,28);/q;+1/p-1/t15-,16-;/m0./s1. The van der Waals surface area contributed by atoms with Crippen LogP contribution < -0.4 is 39.4 Å². The van der Waals surface area contributed by atoms with Crippen LogP contribution in [0.5, 0.6) is 0 Å². The maximum Gasteiger partial charge on any atom is 1.00 e. The summed E-state index contributed by atoms with van der Waals surface area (Å²) in [6, 6.07) is 8.98. The molecule has 0 radical (unpaired) electrons. The van der Waals surface area contributed by atoms with Crippen molar-refractivity contribution in [3.63, 3.8) is 0 Å². The molecule has 12 nitrogen and oxygen atoms in total. The Bertz CT molecular complexity index is 1210. The molecule has 5 rings (SSSR count). The van der Waals surface area contributed by atoms with Gasteiger partial charge in [0, 0.05) is 18.8 Å². The number of cyclic esters (lactones) is 1. The van der Waals surface area contributed by atoms with Crippen LogP contribution in [0.4, 0.5) is 10.5 Å². The minimum atomic E-state index is -4.90. The number of anilines is 1. The van der Waals surface area contributed by atoms with E-state index >= 15 is 0 Å². The second-order valence-corrected chi connectivity index (χ2v) is 8.43. The molecule has 3 atom stereocenters. The van der Waals surface area contributed by atoms with Crippen molar-refractivity contribution in [2.24, 2.45) is 7.05 Å². The molecule has 1 unspecified atom stereocenters. The van der Waals surface area contributed by atoms with Gasteiger partial charge < -0.3 is 19.0 Å². The van der Waals surface area contributed by atoms with Crippen LogP contribution in [0.2, 0.25) is 0 Å². The first kappa shape index (κ1) is 23.0. The van der Waals surface area contributed by atoms with Gasteiger partial charge in [-0.2, -0.15) is 0 Å². The number of pyridine rings is 1. The number of tetrazole rings is 1. The zero-order valence-electron chi connectivity index (χ0n) is 17.2. The molecule has 2 aliphatic heterocycles. The van der Waals surface area contributed by atoms with E-state index < -0.39 is 32.7 Å². The third kappa shape index (κ3) is 4.23. The summed E-state index contributed by atoms with van der Waals surface area (Å²) in [5.41, 5.74) is 4.05. The summed E-state index contributed by atoms with van der Waals surface area (Å²) in [4.78, 5) is 37.9. The van der Waals surface area contributed by atoms with Crippen molar-refractivity contribution in [2.45, 2.75) is 18.6 Å². The number of fused-ring (bicyclic) bond motifs is 3. The molecule has 0 spiro atoms. The van der Waals surface area contributed by atoms with Crippen molar-refractivity contribution < 1.29 is 58.0 Å². The number of benzene rings is 1. The van der Waals surface area contributed by atoms with Crippen molar-refractivity contribution in [1.82, 2.24) is 25.2 Å². The van der Waals surface area contributed by atoms with Crippen molar-refractivity contribution in [1.29, 1.82) is 0 Å². The van der Waals surface area contributed by atoms with Crippen LogP contribution in [0, 0.1) is 0 Å². The van der Waals surface area contributed by atoms with Crippen LogP contribution in [0.1, 0.15) is 5.56 Å². The molecule has 4 heterocycles. The van der Waals surface area contributed by atoms with Gasteiger partial charge in [-0.05, 0) is 46.2 Å². The molecular weight excluding hydrogens is 450 g/mol. The summed E-state index contributed by atoms with van der Waals surface area (Å²) in [5, 5.41) is 11.3. The first-order chi connectivity index (χ1) is 14.8. The molecule has 14 heteroatoms. The minimum absolute atomic E-state index is 0. The Hall–Kier alpha value is -2.18. The Labute approximate surface area is 204 Å². The van der Waals surface area contributed by atoms with Gasteiger partial charge >= 0.3 is 35.7 Å². The number of carbonyl (C=O) groups excluding carboxylic acids is 1. The van der Waals surface area contributed by atoms with E-state index in [1.807, 2.05) is 30.3 Å². The van der Waals surface area contributed by atoms with E-state index in [0.717, 1.165) is 16.7 Å². The van der Waals surface area contributed by atoms with E-state index in [4.69, 9.17) is 9.63 Å². The molecule has 1 amide bonds. The van der Waals surface area contributed by atoms with Crippen LogP contribution in [0.3, 0.4) is 0 Å². The average molecular weight is 466 g/mol. The number of nitrogens with zero attached hydrogens (tertiary/aromatic N) is 6. The molecule has 0 saturated carbocycles. The van der Waals surface area contributed by atoms with E-state index in [1.165, 1.54) is 9.58 Å². The fraction of sp³-hybridized carbons (Fsp3) is 0.278. The van der Waals surface area contributed by atoms with Crippen molar-refractivity contribution >= 4 is 19.6 Å². The number of rotatable bonds is 5. The van der Waals surface area contributed by atoms with Crippen LogP contribution in [-0.4, -0.2) is 54.9 Å². The van der Waals surface area contributed by atoms with Crippen molar-refractivity contribution in [3.8, 4) is 22.6 Å². The number of hydrogen-bond acceptors (Lipinski definition) is 9. The van der Waals surface area contributed by atoms with Gasteiger partial charge in [-0.25, -0.2) is 9.48 Å². The summed E-state index contributed by atoms with van der Waals surface area (Å²) >= 11 is 0. The summed E-state index contributed by atoms with van der Waals surface area (Å²) in [6.45, 7) is -0.437. The number of carbonyl (C=O) groups is 1. The van der Waals surface area contributed by atoms with Gasteiger partial charge in [0.25, 0.3) is 7.82 Å². The Kier molecular flexibility index (Phi) is 6.21. The number of hydrogen-bond donors (Lipinski definition) is 1. The SMILES string of the molecule is Cn1nnnc1-c1ccc(-c2ccc3c(c2)C[C@H]2[C@H](COP(=O)([O-])O)OC(=O)N32)cn1.[Na+]. The number of amides is 1. The maximum atomic E-state index is 12.3. The average Bonchev–Trinajstić information content (AvgIpc) is 3.40. The summed E-state index contributed by atoms with van der Waals surface area (Å²) in [5.74, 6) is 0.554. The van der Waals surface area contributed by atoms with Gasteiger partial charge in [0.1, 0.15) is 11.8 Å². The molecule has 0 aliphatic carbocycles. The van der Waals surface area contributed by atoms with Crippen LogP contribution in [0.25, 0.3) is 22.6 Å². The molecule has 2 aliphatic rings. The maximum absolute atomic E-state index is 12.3. The molecule has 1 saturated heterocycles. The molecule has 0 bridgehead atoms. The largest absolute Gasteiger partial charge is 1.00 e. The number of phosphoric acid groups is 1. The number of ether oxygens (including phenoxy) is 1. The van der Waals surface area contributed by atoms with E-state index in [1.54, 1.807) is 13.2 Å². The number of phosphoric ester groups is 1. The molecule has 1 fully saturated rings. The Balaban J connectivity index is 0.00000245. The first-order valence-corrected chi connectivity index (χ1v) is 10.8. The van der Waals surface area contributed by atoms with E-state index in [2.05, 4.69) is 25.0 Å². The smallest absolute Gasteiger partial charge is 0.756 e. The van der Waals surface area contributed by atoms with Gasteiger partial charge in [0.15, 0.2) is 5.82 Å². The first-order valence-electron chi connectivity index (χ1n) is 9.30. The third-order valence-electron chi connectivity index (χ3n) is 5.33. The van der Waals surface area contributed by atoms with E-state index in [9.17, 15) is 14.3 Å².